The Morgan fingerprint density at radius 1 is 1.08 bits per heavy atom. The van der Waals surface area contributed by atoms with Crippen LogP contribution in [0.25, 0.3) is 0 Å². The first-order valence-electron chi connectivity index (χ1n) is 9.25. The maximum atomic E-state index is 12.7. The number of benzene rings is 1. The van der Waals surface area contributed by atoms with E-state index in [-0.39, 0.29) is 28.6 Å². The molecule has 1 aromatic rings. The van der Waals surface area contributed by atoms with E-state index in [0.717, 1.165) is 50.6 Å². The van der Waals surface area contributed by atoms with Crippen molar-refractivity contribution in [3.05, 3.63) is 40.6 Å². The standard InChI is InChI=1S/C20H25ClN2O2/c1-2-3-7-14-10-12-15(13-11-14)22-18-17(21)19(24)23(20(18)25)16-8-5-4-6-9-16/h10-13,16,22H,2-9H2,1H3. The Bertz CT molecular complexity index is 675. The van der Waals surface area contributed by atoms with Crippen molar-refractivity contribution in [3.63, 3.8) is 0 Å². The van der Waals surface area contributed by atoms with Gasteiger partial charge < -0.3 is 5.32 Å². The van der Waals surface area contributed by atoms with Crippen molar-refractivity contribution in [2.45, 2.75) is 64.3 Å². The van der Waals surface area contributed by atoms with Crippen molar-refractivity contribution >= 4 is 29.1 Å². The molecule has 0 saturated heterocycles. The molecule has 1 aromatic carbocycles. The van der Waals surface area contributed by atoms with Crippen molar-refractivity contribution in [2.24, 2.45) is 0 Å². The summed E-state index contributed by atoms with van der Waals surface area (Å²) in [5, 5.41) is 3.06. The van der Waals surface area contributed by atoms with Gasteiger partial charge in [-0.25, -0.2) is 0 Å². The SMILES string of the molecule is CCCCc1ccc(NC2=C(Cl)C(=O)N(C3CCCCC3)C2=O)cc1. The summed E-state index contributed by atoms with van der Waals surface area (Å²) in [7, 11) is 0. The monoisotopic (exact) mass is 360 g/mol. The first-order chi connectivity index (χ1) is 12.1. The number of nitrogens with one attached hydrogen (secondary N) is 1. The molecule has 1 heterocycles. The van der Waals surface area contributed by atoms with Crippen LogP contribution < -0.4 is 5.32 Å². The highest BCUT2D eigenvalue weighted by Crippen LogP contribution is 2.32. The lowest BCUT2D eigenvalue weighted by atomic mass is 9.94. The van der Waals surface area contributed by atoms with Gasteiger partial charge in [0, 0.05) is 11.7 Å². The quantitative estimate of drug-likeness (QED) is 0.754. The fourth-order valence-electron chi connectivity index (χ4n) is 3.58. The summed E-state index contributed by atoms with van der Waals surface area (Å²) in [5.74, 6) is -0.655. The second kappa shape index (κ2) is 8.05. The third kappa shape index (κ3) is 3.90. The molecule has 0 atom stereocenters. The van der Waals surface area contributed by atoms with E-state index < -0.39 is 0 Å². The van der Waals surface area contributed by atoms with Crippen LogP contribution in [0.2, 0.25) is 0 Å². The largest absolute Gasteiger partial charge is 0.350 e. The van der Waals surface area contributed by atoms with Crippen LogP contribution in [0.5, 0.6) is 0 Å². The van der Waals surface area contributed by atoms with Crippen LogP contribution in [-0.4, -0.2) is 22.8 Å². The van der Waals surface area contributed by atoms with Crippen LogP contribution >= 0.6 is 11.6 Å². The van der Waals surface area contributed by atoms with Crippen LogP contribution in [0.3, 0.4) is 0 Å². The number of nitrogens with zero attached hydrogens (tertiary/aromatic N) is 1. The van der Waals surface area contributed by atoms with Gasteiger partial charge in [0.2, 0.25) is 0 Å². The van der Waals surface area contributed by atoms with E-state index in [0.29, 0.717) is 0 Å². The number of hydrogen-bond donors (Lipinski definition) is 1. The third-order valence-electron chi connectivity index (χ3n) is 5.04. The zero-order valence-corrected chi connectivity index (χ0v) is 15.4. The molecule has 1 saturated carbocycles. The lowest BCUT2D eigenvalue weighted by Crippen LogP contribution is -2.42. The van der Waals surface area contributed by atoms with Crippen LogP contribution in [-0.2, 0) is 16.0 Å². The Labute approximate surface area is 154 Å². The molecule has 0 unspecified atom stereocenters. The minimum atomic E-state index is -0.361. The Morgan fingerprint density at radius 3 is 2.40 bits per heavy atom. The fourth-order valence-corrected chi connectivity index (χ4v) is 3.80. The van der Waals surface area contributed by atoms with Gasteiger partial charge in [0.1, 0.15) is 10.7 Å². The van der Waals surface area contributed by atoms with Crippen molar-refractivity contribution in [2.75, 3.05) is 5.32 Å². The molecule has 1 N–H and O–H groups in total. The second-order valence-corrected chi connectivity index (χ2v) is 7.26. The van der Waals surface area contributed by atoms with Gasteiger partial charge in [-0.05, 0) is 43.4 Å². The zero-order chi connectivity index (χ0) is 17.8. The first-order valence-corrected chi connectivity index (χ1v) is 9.63. The Balaban J connectivity index is 1.71. The van der Waals surface area contributed by atoms with Gasteiger partial charge >= 0.3 is 0 Å². The Kier molecular flexibility index (Phi) is 5.79. The number of imide groups is 1. The van der Waals surface area contributed by atoms with Crippen molar-refractivity contribution in [1.82, 2.24) is 4.90 Å². The summed E-state index contributed by atoms with van der Waals surface area (Å²) in [6.07, 6.45) is 8.41. The van der Waals surface area contributed by atoms with E-state index >= 15 is 0 Å². The fraction of sp³-hybridized carbons (Fsp3) is 0.500. The van der Waals surface area contributed by atoms with E-state index in [2.05, 4.69) is 12.2 Å². The van der Waals surface area contributed by atoms with Crippen LogP contribution in [0.1, 0.15) is 57.4 Å². The number of anilines is 1. The van der Waals surface area contributed by atoms with E-state index in [1.807, 2.05) is 24.3 Å². The molecular formula is C20H25ClN2O2. The van der Waals surface area contributed by atoms with Gasteiger partial charge in [-0.2, -0.15) is 0 Å². The molecule has 5 heteroatoms. The van der Waals surface area contributed by atoms with Gasteiger partial charge in [-0.1, -0.05) is 56.3 Å². The number of carbonyl (C=O) groups excluding carboxylic acids is 2. The predicted molar refractivity (Wildman–Crippen MR) is 100 cm³/mol. The molecule has 0 radical (unpaired) electrons. The predicted octanol–water partition coefficient (Wildman–Crippen LogP) is 4.59. The highest BCUT2D eigenvalue weighted by molar-refractivity contribution is 6.48. The molecule has 3 rings (SSSR count). The summed E-state index contributed by atoms with van der Waals surface area (Å²) >= 11 is 6.19. The number of halogens is 1. The Morgan fingerprint density at radius 2 is 1.76 bits per heavy atom. The van der Waals surface area contributed by atoms with E-state index in [1.165, 1.54) is 16.9 Å². The minimum absolute atomic E-state index is 0.00522. The molecule has 2 aliphatic rings. The molecule has 134 valence electrons. The number of carbonyl (C=O) groups is 2. The highest BCUT2D eigenvalue weighted by atomic mass is 35.5. The molecule has 0 bridgehead atoms. The molecule has 25 heavy (non-hydrogen) atoms. The maximum absolute atomic E-state index is 12.7. The van der Waals surface area contributed by atoms with Crippen LogP contribution in [0, 0.1) is 0 Å². The maximum Gasteiger partial charge on any atom is 0.279 e. The number of amides is 2. The molecule has 1 aliphatic heterocycles. The number of unbranched alkanes of at least 4 members (excludes halogenated alkanes) is 1. The zero-order valence-electron chi connectivity index (χ0n) is 14.7. The highest BCUT2D eigenvalue weighted by Gasteiger charge is 2.42. The summed E-state index contributed by atoms with van der Waals surface area (Å²) in [5.41, 5.74) is 2.25. The van der Waals surface area contributed by atoms with Crippen LogP contribution in [0.15, 0.2) is 35.0 Å². The van der Waals surface area contributed by atoms with Crippen molar-refractivity contribution < 1.29 is 9.59 Å². The van der Waals surface area contributed by atoms with E-state index in [4.69, 9.17) is 11.6 Å². The molecule has 4 nitrogen and oxygen atoms in total. The second-order valence-electron chi connectivity index (χ2n) is 6.89. The number of hydrogen-bond acceptors (Lipinski definition) is 3. The molecule has 1 aliphatic carbocycles. The van der Waals surface area contributed by atoms with E-state index in [1.54, 1.807) is 0 Å². The average molecular weight is 361 g/mol. The van der Waals surface area contributed by atoms with Crippen LogP contribution in [0.4, 0.5) is 5.69 Å². The molecule has 1 fully saturated rings. The van der Waals surface area contributed by atoms with Gasteiger partial charge in [0.25, 0.3) is 11.8 Å². The minimum Gasteiger partial charge on any atom is -0.350 e. The topological polar surface area (TPSA) is 49.4 Å². The lowest BCUT2D eigenvalue weighted by molar-refractivity contribution is -0.140. The van der Waals surface area contributed by atoms with Gasteiger partial charge in [-0.15, -0.1) is 0 Å². The smallest absolute Gasteiger partial charge is 0.279 e. The van der Waals surface area contributed by atoms with Crippen molar-refractivity contribution in [3.8, 4) is 0 Å². The molecule has 0 aromatic heterocycles. The van der Waals surface area contributed by atoms with Gasteiger partial charge in [-0.3, -0.25) is 14.5 Å². The normalized spacial score (nSPS) is 19.0. The number of aryl methyl sites for hydroxylation is 1. The molecule has 0 spiro atoms. The lowest BCUT2D eigenvalue weighted by Gasteiger charge is -2.29. The Hall–Kier alpha value is -1.81. The summed E-state index contributed by atoms with van der Waals surface area (Å²) in [6, 6.07) is 7.95. The molecular weight excluding hydrogens is 336 g/mol. The van der Waals surface area contributed by atoms with E-state index in [9.17, 15) is 9.59 Å². The number of rotatable bonds is 6. The summed E-state index contributed by atoms with van der Waals surface area (Å²) in [4.78, 5) is 26.6. The van der Waals surface area contributed by atoms with Crippen molar-refractivity contribution in [1.29, 1.82) is 0 Å². The average Bonchev–Trinajstić information content (AvgIpc) is 2.85. The summed E-state index contributed by atoms with van der Waals surface area (Å²) in [6.45, 7) is 2.17. The third-order valence-corrected chi connectivity index (χ3v) is 5.39. The summed E-state index contributed by atoms with van der Waals surface area (Å²) < 4.78 is 0. The molecule has 2 amide bonds. The van der Waals surface area contributed by atoms with Gasteiger partial charge in [0.15, 0.2) is 0 Å². The van der Waals surface area contributed by atoms with Gasteiger partial charge in [0.05, 0.1) is 0 Å². The first kappa shape index (κ1) is 18.0.